The first kappa shape index (κ1) is 17.0. The Morgan fingerprint density at radius 1 is 1.28 bits per heavy atom. The number of hydrogen-bond donors (Lipinski definition) is 3. The number of nitrogens with zero attached hydrogens (tertiary/aromatic N) is 2. The van der Waals surface area contributed by atoms with Gasteiger partial charge in [-0.1, -0.05) is 0 Å². The van der Waals surface area contributed by atoms with Crippen molar-refractivity contribution >= 4 is 11.6 Å². The third kappa shape index (κ3) is 4.59. The molecule has 3 N–H and O–H groups in total. The Morgan fingerprint density at radius 2 is 2.00 bits per heavy atom. The van der Waals surface area contributed by atoms with Crippen molar-refractivity contribution in [1.82, 2.24) is 15.3 Å². The maximum atomic E-state index is 12.0. The maximum Gasteiger partial charge on any atom is 0.267 e. The summed E-state index contributed by atoms with van der Waals surface area (Å²) in [6.45, 7) is 2.56. The van der Waals surface area contributed by atoms with Gasteiger partial charge in [-0.2, -0.15) is 0 Å². The van der Waals surface area contributed by atoms with Crippen LogP contribution in [-0.4, -0.2) is 40.6 Å². The number of aromatic hydroxyl groups is 1. The van der Waals surface area contributed by atoms with E-state index < -0.39 is 5.56 Å². The van der Waals surface area contributed by atoms with E-state index in [-0.39, 0.29) is 17.4 Å². The highest BCUT2D eigenvalue weighted by Gasteiger charge is 2.19. The summed E-state index contributed by atoms with van der Waals surface area (Å²) in [6, 6.07) is 6.34. The van der Waals surface area contributed by atoms with Gasteiger partial charge in [-0.15, -0.1) is 0 Å². The predicted octanol–water partition coefficient (Wildman–Crippen LogP) is 1.51. The number of H-pyrrole nitrogens is 1. The molecule has 0 unspecified atom stereocenters. The minimum absolute atomic E-state index is 0.0810. The second-order valence-corrected chi connectivity index (χ2v) is 6.30. The van der Waals surface area contributed by atoms with Gasteiger partial charge in [0.15, 0.2) is 0 Å². The molecule has 0 radical (unpaired) electrons. The molecule has 1 aliphatic rings. The Bertz CT molecular complexity index is 767. The molecule has 1 saturated heterocycles. The Balaban J connectivity index is 1.43. The van der Waals surface area contributed by atoms with Gasteiger partial charge in [-0.3, -0.25) is 14.6 Å². The number of carbonyl (C=O) groups is 1. The molecule has 0 aromatic carbocycles. The summed E-state index contributed by atoms with van der Waals surface area (Å²) in [6.07, 6.45) is 6.69. The van der Waals surface area contributed by atoms with Gasteiger partial charge in [0.25, 0.3) is 11.5 Å². The summed E-state index contributed by atoms with van der Waals surface area (Å²) < 4.78 is 0. The molecule has 132 valence electrons. The van der Waals surface area contributed by atoms with Crippen molar-refractivity contribution in [3.63, 3.8) is 0 Å². The summed E-state index contributed by atoms with van der Waals surface area (Å²) in [5, 5.41) is 12.2. The van der Waals surface area contributed by atoms with E-state index in [9.17, 15) is 14.7 Å². The van der Waals surface area contributed by atoms with Crippen LogP contribution < -0.4 is 15.8 Å². The lowest BCUT2D eigenvalue weighted by atomic mass is 9.93. The maximum absolute atomic E-state index is 12.0. The van der Waals surface area contributed by atoms with E-state index in [0.29, 0.717) is 12.5 Å². The second kappa shape index (κ2) is 7.83. The number of nitrogens with one attached hydrogen (secondary N) is 2. The lowest BCUT2D eigenvalue weighted by molar-refractivity contribution is 0.0945. The average molecular weight is 342 g/mol. The Labute approximate surface area is 145 Å². The number of hydrogen-bond acceptors (Lipinski definition) is 5. The highest BCUT2D eigenvalue weighted by molar-refractivity contribution is 5.92. The van der Waals surface area contributed by atoms with Crippen molar-refractivity contribution in [3.8, 4) is 5.75 Å². The number of anilines is 1. The zero-order chi connectivity index (χ0) is 17.6. The SMILES string of the molecule is O=C(NCCC1CCN(c2ccncc2)CC1)c1cc(O)cc(=O)[nH]1. The van der Waals surface area contributed by atoms with Crippen LogP contribution in [0.1, 0.15) is 29.8 Å². The third-order valence-corrected chi connectivity index (χ3v) is 4.55. The Hall–Kier alpha value is -2.83. The fourth-order valence-corrected chi connectivity index (χ4v) is 3.17. The van der Waals surface area contributed by atoms with Crippen molar-refractivity contribution in [2.24, 2.45) is 5.92 Å². The van der Waals surface area contributed by atoms with E-state index in [1.54, 1.807) is 0 Å². The van der Waals surface area contributed by atoms with Crippen molar-refractivity contribution < 1.29 is 9.90 Å². The fraction of sp³-hybridized carbons (Fsp3) is 0.389. The molecule has 0 atom stereocenters. The molecule has 3 heterocycles. The van der Waals surface area contributed by atoms with Crippen molar-refractivity contribution in [1.29, 1.82) is 0 Å². The van der Waals surface area contributed by atoms with Crippen LogP contribution in [0.4, 0.5) is 5.69 Å². The van der Waals surface area contributed by atoms with E-state index in [4.69, 9.17) is 0 Å². The summed E-state index contributed by atoms with van der Waals surface area (Å²) in [7, 11) is 0. The molecule has 2 aromatic heterocycles. The highest BCUT2D eigenvalue weighted by Crippen LogP contribution is 2.24. The first-order valence-electron chi connectivity index (χ1n) is 8.48. The van der Waals surface area contributed by atoms with Crippen LogP contribution in [0.3, 0.4) is 0 Å². The minimum Gasteiger partial charge on any atom is -0.508 e. The van der Waals surface area contributed by atoms with Gasteiger partial charge >= 0.3 is 0 Å². The fourth-order valence-electron chi connectivity index (χ4n) is 3.17. The molecule has 2 aromatic rings. The minimum atomic E-state index is -0.492. The number of pyridine rings is 2. The summed E-state index contributed by atoms with van der Waals surface area (Å²) in [5.41, 5.74) is 0.792. The van der Waals surface area contributed by atoms with Gasteiger partial charge in [0.2, 0.25) is 0 Å². The van der Waals surface area contributed by atoms with E-state index in [1.165, 1.54) is 11.8 Å². The molecule has 3 rings (SSSR count). The molecule has 1 aliphatic heterocycles. The summed E-state index contributed by atoms with van der Waals surface area (Å²) >= 11 is 0. The molecular formula is C18H22N4O3. The van der Waals surface area contributed by atoms with Gasteiger partial charge in [-0.05, 0) is 37.3 Å². The van der Waals surface area contributed by atoms with Gasteiger partial charge in [0.1, 0.15) is 11.4 Å². The molecule has 1 amide bonds. The predicted molar refractivity (Wildman–Crippen MR) is 94.9 cm³/mol. The van der Waals surface area contributed by atoms with Crippen LogP contribution in [0.15, 0.2) is 41.5 Å². The lowest BCUT2D eigenvalue weighted by Gasteiger charge is -2.33. The summed E-state index contributed by atoms with van der Waals surface area (Å²) in [5.74, 6) is -0.0128. The molecule has 0 aliphatic carbocycles. The Morgan fingerprint density at radius 3 is 2.68 bits per heavy atom. The normalized spacial score (nSPS) is 15.1. The van der Waals surface area contributed by atoms with Gasteiger partial charge in [0.05, 0.1) is 0 Å². The number of piperidine rings is 1. The zero-order valence-electron chi connectivity index (χ0n) is 13.9. The van der Waals surface area contributed by atoms with Gasteiger partial charge < -0.3 is 20.3 Å². The standard InChI is InChI=1S/C18H22N4O3/c23-15-11-16(21-17(24)12-15)18(25)20-8-1-13-4-9-22(10-5-13)14-2-6-19-7-3-14/h2-3,6-7,11-13H,1,4-5,8-10H2,(H,20,25)(H2,21,23,24). The topological polar surface area (TPSA) is 98.3 Å². The first-order valence-corrected chi connectivity index (χ1v) is 8.48. The van der Waals surface area contributed by atoms with Crippen LogP contribution in [0.5, 0.6) is 5.75 Å². The zero-order valence-corrected chi connectivity index (χ0v) is 13.9. The van der Waals surface area contributed by atoms with E-state index >= 15 is 0 Å². The van der Waals surface area contributed by atoms with E-state index in [2.05, 4.69) is 20.2 Å². The van der Waals surface area contributed by atoms with Gasteiger partial charge in [-0.25, -0.2) is 0 Å². The number of carbonyl (C=O) groups excluding carboxylic acids is 1. The smallest absolute Gasteiger partial charge is 0.267 e. The quantitative estimate of drug-likeness (QED) is 0.765. The molecule has 1 fully saturated rings. The van der Waals surface area contributed by atoms with Crippen molar-refractivity contribution in [2.45, 2.75) is 19.3 Å². The van der Waals surface area contributed by atoms with Crippen LogP contribution in [0, 0.1) is 5.92 Å². The first-order chi connectivity index (χ1) is 12.1. The van der Waals surface area contributed by atoms with Crippen molar-refractivity contribution in [2.75, 3.05) is 24.5 Å². The van der Waals surface area contributed by atoms with E-state index in [0.717, 1.165) is 38.4 Å². The molecular weight excluding hydrogens is 320 g/mol. The molecule has 7 nitrogen and oxygen atoms in total. The highest BCUT2D eigenvalue weighted by atomic mass is 16.3. The van der Waals surface area contributed by atoms with Crippen LogP contribution in [0.2, 0.25) is 0 Å². The monoisotopic (exact) mass is 342 g/mol. The van der Waals surface area contributed by atoms with Crippen molar-refractivity contribution in [3.05, 3.63) is 52.7 Å². The number of aromatic amines is 1. The van der Waals surface area contributed by atoms with Gasteiger partial charge in [0, 0.05) is 49.8 Å². The van der Waals surface area contributed by atoms with E-state index in [1.807, 2.05) is 24.5 Å². The number of rotatable bonds is 5. The molecule has 7 heteroatoms. The molecule has 0 bridgehead atoms. The molecule has 0 spiro atoms. The largest absolute Gasteiger partial charge is 0.508 e. The van der Waals surface area contributed by atoms with Crippen LogP contribution in [0.25, 0.3) is 0 Å². The number of aromatic nitrogens is 2. The molecule has 0 saturated carbocycles. The molecule has 25 heavy (non-hydrogen) atoms. The average Bonchev–Trinajstić information content (AvgIpc) is 2.62. The summed E-state index contributed by atoms with van der Waals surface area (Å²) in [4.78, 5) is 32.1. The van der Waals surface area contributed by atoms with Crippen LogP contribution >= 0.6 is 0 Å². The third-order valence-electron chi connectivity index (χ3n) is 4.55. The number of amides is 1. The Kier molecular flexibility index (Phi) is 5.33. The second-order valence-electron chi connectivity index (χ2n) is 6.30. The van der Waals surface area contributed by atoms with Crippen LogP contribution in [-0.2, 0) is 0 Å². The lowest BCUT2D eigenvalue weighted by Crippen LogP contribution is -2.35.